The molecule has 140 valence electrons. The summed E-state index contributed by atoms with van der Waals surface area (Å²) in [5.74, 6) is 0. The first kappa shape index (κ1) is 19.8. The molecule has 1 unspecified atom stereocenters. The largest absolute Gasteiger partial charge is 0.106 e. The SMILES string of the molecule is C/C=C1\CC[P+](C)(C(/C=C\CC2=CC=CCC=C2)=C/CC)c2ccccc21. The molecule has 27 heavy (non-hydrogen) atoms. The molecule has 0 saturated carbocycles. The van der Waals surface area contributed by atoms with E-state index in [9.17, 15) is 0 Å². The maximum Gasteiger partial charge on any atom is 0.106 e. The molecule has 0 nitrogen and oxygen atoms in total. The van der Waals surface area contributed by atoms with E-state index in [0.717, 1.165) is 19.3 Å². The van der Waals surface area contributed by atoms with E-state index in [1.54, 1.807) is 10.6 Å². The van der Waals surface area contributed by atoms with Crippen molar-refractivity contribution in [3.8, 4) is 0 Å². The Kier molecular flexibility index (Phi) is 6.86. The van der Waals surface area contributed by atoms with Crippen LogP contribution in [0.15, 0.2) is 89.8 Å². The van der Waals surface area contributed by atoms with Crippen molar-refractivity contribution >= 4 is 18.1 Å². The molecule has 1 heteroatoms. The van der Waals surface area contributed by atoms with E-state index in [-0.39, 0.29) is 0 Å². The van der Waals surface area contributed by atoms with E-state index in [0.29, 0.717) is 0 Å². The lowest BCUT2D eigenvalue weighted by Crippen LogP contribution is -2.23. The van der Waals surface area contributed by atoms with Gasteiger partial charge in [0.1, 0.15) is 5.30 Å². The van der Waals surface area contributed by atoms with Gasteiger partial charge in [0, 0.05) is 12.0 Å². The van der Waals surface area contributed by atoms with E-state index >= 15 is 0 Å². The van der Waals surface area contributed by atoms with Crippen LogP contribution in [0.4, 0.5) is 0 Å². The van der Waals surface area contributed by atoms with E-state index in [4.69, 9.17) is 0 Å². The van der Waals surface area contributed by atoms with Gasteiger partial charge in [0.15, 0.2) is 0 Å². The van der Waals surface area contributed by atoms with Crippen molar-refractivity contribution in [3.63, 3.8) is 0 Å². The lowest BCUT2D eigenvalue weighted by molar-refractivity contribution is 1.19. The summed E-state index contributed by atoms with van der Waals surface area (Å²) >= 11 is 0. The fourth-order valence-electron chi connectivity index (χ4n) is 4.06. The zero-order chi connectivity index (χ0) is 19.1. The van der Waals surface area contributed by atoms with Crippen LogP contribution in [-0.2, 0) is 0 Å². The smallest absolute Gasteiger partial charge is 0.0836 e. The molecular weight excluding hydrogens is 343 g/mol. The Morgan fingerprint density at radius 1 is 1.19 bits per heavy atom. The lowest BCUT2D eigenvalue weighted by Gasteiger charge is -2.31. The number of hydrogen-bond donors (Lipinski definition) is 0. The summed E-state index contributed by atoms with van der Waals surface area (Å²) in [6.07, 6.45) is 26.3. The molecule has 1 heterocycles. The third-order valence-corrected chi connectivity index (χ3v) is 9.68. The number of benzene rings is 1. The van der Waals surface area contributed by atoms with Crippen molar-refractivity contribution in [2.45, 2.75) is 39.5 Å². The van der Waals surface area contributed by atoms with Crippen LogP contribution in [-0.4, -0.2) is 12.8 Å². The van der Waals surface area contributed by atoms with Crippen molar-refractivity contribution < 1.29 is 0 Å². The Morgan fingerprint density at radius 2 is 2.04 bits per heavy atom. The van der Waals surface area contributed by atoms with Crippen molar-refractivity contribution in [2.24, 2.45) is 0 Å². The monoisotopic (exact) mass is 375 g/mol. The molecular formula is C26H32P+. The van der Waals surface area contributed by atoms with Crippen LogP contribution in [0, 0.1) is 0 Å². The van der Waals surface area contributed by atoms with Gasteiger partial charge < -0.3 is 0 Å². The minimum absolute atomic E-state index is 1.00. The summed E-state index contributed by atoms with van der Waals surface area (Å²) in [5, 5.41) is 3.16. The van der Waals surface area contributed by atoms with E-state index in [1.807, 2.05) is 0 Å². The molecule has 0 N–H and O–H groups in total. The van der Waals surface area contributed by atoms with Gasteiger partial charge in [-0.15, -0.1) is 0 Å². The number of rotatable bonds is 5. The lowest BCUT2D eigenvalue weighted by atomic mass is 10.0. The quantitative estimate of drug-likeness (QED) is 0.370. The maximum atomic E-state index is 2.54. The highest BCUT2D eigenvalue weighted by Gasteiger charge is 2.43. The second-order valence-corrected chi connectivity index (χ2v) is 11.3. The first-order valence-corrected chi connectivity index (χ1v) is 12.6. The Balaban J connectivity index is 1.90. The van der Waals surface area contributed by atoms with E-state index in [2.05, 4.69) is 99.5 Å². The standard InChI is InChI=1S/C26H32P/c1-4-13-24(17-12-16-22-14-8-6-7-9-15-22)27(3)21-20-23(5-2)25-18-10-11-19-26(25)27/h5-6,8-15,17-19H,4,7,16,20-21H2,1-3H3/q+1/b17-12-,23-5+,24-13+. The van der Waals surface area contributed by atoms with Crippen LogP contribution in [0.1, 0.15) is 45.1 Å². The minimum Gasteiger partial charge on any atom is -0.0836 e. The van der Waals surface area contributed by atoms with Gasteiger partial charge in [0.25, 0.3) is 0 Å². The highest BCUT2D eigenvalue weighted by atomic mass is 31.2. The van der Waals surface area contributed by atoms with Crippen molar-refractivity contribution in [3.05, 3.63) is 95.4 Å². The molecule has 1 atom stereocenters. The summed E-state index contributed by atoms with van der Waals surface area (Å²) in [5.41, 5.74) is 4.39. The van der Waals surface area contributed by atoms with Crippen LogP contribution in [0.5, 0.6) is 0 Å². The second-order valence-electron chi connectivity index (χ2n) is 7.45. The summed E-state index contributed by atoms with van der Waals surface area (Å²) in [4.78, 5) is 0. The third kappa shape index (κ3) is 4.50. The predicted octanol–water partition coefficient (Wildman–Crippen LogP) is 7.45. The van der Waals surface area contributed by atoms with Gasteiger partial charge in [-0.3, -0.25) is 0 Å². The fraction of sp³-hybridized carbons (Fsp3) is 0.308. The molecule has 0 spiro atoms. The summed E-state index contributed by atoms with van der Waals surface area (Å²) < 4.78 is 0. The molecule has 0 saturated heterocycles. The van der Waals surface area contributed by atoms with Gasteiger partial charge in [-0.2, -0.15) is 0 Å². The highest BCUT2D eigenvalue weighted by Crippen LogP contribution is 2.65. The van der Waals surface area contributed by atoms with Gasteiger partial charge in [0.05, 0.1) is 25.4 Å². The Labute approximate surface area is 166 Å². The maximum absolute atomic E-state index is 2.54. The van der Waals surface area contributed by atoms with Gasteiger partial charge >= 0.3 is 0 Å². The molecule has 1 aromatic rings. The molecule has 3 rings (SSSR count). The molecule has 0 radical (unpaired) electrons. The number of allylic oxidation sites excluding steroid dienone is 12. The summed E-state index contributed by atoms with van der Waals surface area (Å²) in [6, 6.07) is 9.11. The summed E-state index contributed by atoms with van der Waals surface area (Å²) in [6.45, 7) is 6.98. The van der Waals surface area contributed by atoms with Gasteiger partial charge in [-0.25, -0.2) is 0 Å². The molecule has 1 aromatic carbocycles. The molecule has 0 bridgehead atoms. The number of hydrogen-bond acceptors (Lipinski definition) is 0. The molecule has 2 aliphatic rings. The van der Waals surface area contributed by atoms with Crippen molar-refractivity contribution in [1.29, 1.82) is 0 Å². The normalized spacial score (nSPS) is 24.2. The van der Waals surface area contributed by atoms with Gasteiger partial charge in [-0.1, -0.05) is 67.7 Å². The Morgan fingerprint density at radius 3 is 2.85 bits per heavy atom. The van der Waals surface area contributed by atoms with Crippen LogP contribution < -0.4 is 5.30 Å². The second kappa shape index (κ2) is 9.34. The van der Waals surface area contributed by atoms with Crippen LogP contribution in [0.25, 0.3) is 5.57 Å². The van der Waals surface area contributed by atoms with Gasteiger partial charge in [-0.05, 0) is 55.6 Å². The fourth-order valence-corrected chi connectivity index (χ4v) is 7.71. The molecule has 1 aliphatic carbocycles. The van der Waals surface area contributed by atoms with Crippen molar-refractivity contribution in [2.75, 3.05) is 12.8 Å². The molecule has 0 fully saturated rings. The predicted molar refractivity (Wildman–Crippen MR) is 125 cm³/mol. The zero-order valence-electron chi connectivity index (χ0n) is 17.0. The zero-order valence-corrected chi connectivity index (χ0v) is 17.9. The van der Waals surface area contributed by atoms with E-state index in [1.165, 1.54) is 29.3 Å². The van der Waals surface area contributed by atoms with Gasteiger partial charge in [0.2, 0.25) is 0 Å². The molecule has 0 aromatic heterocycles. The highest BCUT2D eigenvalue weighted by molar-refractivity contribution is 7.86. The minimum atomic E-state index is -1.33. The first-order chi connectivity index (χ1) is 13.2. The Hall–Kier alpha value is -1.91. The number of fused-ring (bicyclic) bond motifs is 1. The van der Waals surface area contributed by atoms with Crippen LogP contribution in [0.2, 0.25) is 0 Å². The first-order valence-electron chi connectivity index (χ1n) is 10.2. The summed E-state index contributed by atoms with van der Waals surface area (Å²) in [7, 11) is -1.33. The topological polar surface area (TPSA) is 0 Å². The molecule has 1 aliphatic heterocycles. The van der Waals surface area contributed by atoms with Crippen LogP contribution in [0.3, 0.4) is 0 Å². The molecule has 0 amide bonds. The average molecular weight is 376 g/mol. The third-order valence-electron chi connectivity index (χ3n) is 5.63. The van der Waals surface area contributed by atoms with E-state index < -0.39 is 7.26 Å². The average Bonchev–Trinajstić information content (AvgIpc) is 2.97. The van der Waals surface area contributed by atoms with Crippen molar-refractivity contribution in [1.82, 2.24) is 0 Å². The Bertz CT molecular complexity index is 845. The van der Waals surface area contributed by atoms with Crippen LogP contribution >= 0.6 is 7.26 Å².